The van der Waals surface area contributed by atoms with Crippen molar-refractivity contribution in [2.45, 2.75) is 33.1 Å². The van der Waals surface area contributed by atoms with E-state index < -0.39 is 0 Å². The number of aryl methyl sites for hydroxylation is 2. The van der Waals surface area contributed by atoms with Gasteiger partial charge in [-0.05, 0) is 56.2 Å². The van der Waals surface area contributed by atoms with Crippen molar-refractivity contribution in [3.63, 3.8) is 0 Å². The number of rotatable bonds is 5. The monoisotopic (exact) mass is 336 g/mol. The highest BCUT2D eigenvalue weighted by Gasteiger charge is 2.22. The van der Waals surface area contributed by atoms with E-state index in [0.717, 1.165) is 38.0 Å². The van der Waals surface area contributed by atoms with Crippen molar-refractivity contribution in [2.24, 2.45) is 5.92 Å². The van der Waals surface area contributed by atoms with Crippen molar-refractivity contribution in [1.82, 2.24) is 4.90 Å². The van der Waals surface area contributed by atoms with Gasteiger partial charge >= 0.3 is 0 Å². The maximum Gasteiger partial charge on any atom is 0.241 e. The minimum Gasteiger partial charge on any atom is -0.376 e. The quantitative estimate of drug-likeness (QED) is 0.887. The highest BCUT2D eigenvalue weighted by molar-refractivity contribution is 5.81. The van der Waals surface area contributed by atoms with E-state index in [1.807, 2.05) is 4.90 Å². The summed E-state index contributed by atoms with van der Waals surface area (Å²) in [6, 6.07) is 16.9. The van der Waals surface area contributed by atoms with Crippen molar-refractivity contribution >= 4 is 11.6 Å². The minimum absolute atomic E-state index is 0.207. The largest absolute Gasteiger partial charge is 0.376 e. The highest BCUT2D eigenvalue weighted by atomic mass is 16.2. The lowest BCUT2D eigenvalue weighted by Gasteiger charge is -2.32. The topological polar surface area (TPSA) is 32.3 Å². The molecule has 1 N–H and O–H groups in total. The molecule has 132 valence electrons. The molecule has 3 rings (SSSR count). The van der Waals surface area contributed by atoms with Crippen molar-refractivity contribution in [2.75, 3.05) is 25.0 Å². The summed E-state index contributed by atoms with van der Waals surface area (Å²) < 4.78 is 0. The van der Waals surface area contributed by atoms with Crippen LogP contribution in [0.5, 0.6) is 0 Å². The Morgan fingerprint density at radius 2 is 1.80 bits per heavy atom. The molecule has 2 aromatic rings. The van der Waals surface area contributed by atoms with E-state index in [2.05, 4.69) is 67.7 Å². The zero-order chi connectivity index (χ0) is 17.6. The molecule has 0 aliphatic carbocycles. The van der Waals surface area contributed by atoms with Crippen LogP contribution in [0.3, 0.4) is 0 Å². The van der Waals surface area contributed by atoms with Crippen LogP contribution in [0.2, 0.25) is 0 Å². The number of likely N-dealkylation sites (tertiary alicyclic amines) is 1. The van der Waals surface area contributed by atoms with Gasteiger partial charge in [-0.15, -0.1) is 0 Å². The molecule has 1 aliphatic heterocycles. The molecule has 0 saturated carbocycles. The summed E-state index contributed by atoms with van der Waals surface area (Å²) in [5, 5.41) is 3.30. The number of nitrogens with one attached hydrogen (secondary N) is 1. The average molecular weight is 336 g/mol. The Morgan fingerprint density at radius 3 is 2.48 bits per heavy atom. The second kappa shape index (κ2) is 8.19. The van der Waals surface area contributed by atoms with Crippen molar-refractivity contribution in [3.8, 4) is 0 Å². The molecular weight excluding hydrogens is 308 g/mol. The fourth-order valence-corrected chi connectivity index (χ4v) is 3.63. The number of hydrogen-bond donors (Lipinski definition) is 1. The fourth-order valence-electron chi connectivity index (χ4n) is 3.63. The maximum absolute atomic E-state index is 12.5. The SMILES string of the molecule is Cc1ccc(NCC(=O)N2CCC(Cc3ccccc3)CC2)c(C)c1. The molecule has 1 saturated heterocycles. The Labute approximate surface area is 151 Å². The predicted octanol–water partition coefficient (Wildman–Crippen LogP) is 4.20. The number of anilines is 1. The van der Waals surface area contributed by atoms with Crippen LogP contribution in [0.1, 0.15) is 29.5 Å². The zero-order valence-electron chi connectivity index (χ0n) is 15.3. The minimum atomic E-state index is 0.207. The first-order chi connectivity index (χ1) is 12.1. The van der Waals surface area contributed by atoms with Gasteiger partial charge in [0, 0.05) is 18.8 Å². The van der Waals surface area contributed by atoms with Gasteiger partial charge in [-0.3, -0.25) is 4.79 Å². The molecule has 2 aromatic carbocycles. The fraction of sp³-hybridized carbons (Fsp3) is 0.409. The van der Waals surface area contributed by atoms with Gasteiger partial charge < -0.3 is 10.2 Å². The Bertz CT molecular complexity index is 703. The highest BCUT2D eigenvalue weighted by Crippen LogP contribution is 2.22. The molecule has 0 bridgehead atoms. The van der Waals surface area contributed by atoms with Crippen LogP contribution in [-0.2, 0) is 11.2 Å². The van der Waals surface area contributed by atoms with E-state index in [-0.39, 0.29) is 5.91 Å². The number of carbonyl (C=O) groups excluding carboxylic acids is 1. The van der Waals surface area contributed by atoms with E-state index in [9.17, 15) is 4.79 Å². The van der Waals surface area contributed by atoms with Gasteiger partial charge in [0.15, 0.2) is 0 Å². The zero-order valence-corrected chi connectivity index (χ0v) is 15.3. The third-order valence-corrected chi connectivity index (χ3v) is 5.15. The third-order valence-electron chi connectivity index (χ3n) is 5.15. The van der Waals surface area contributed by atoms with Gasteiger partial charge in [-0.1, -0.05) is 48.0 Å². The number of amides is 1. The van der Waals surface area contributed by atoms with E-state index >= 15 is 0 Å². The lowest BCUT2D eigenvalue weighted by atomic mass is 9.90. The summed E-state index contributed by atoms with van der Waals surface area (Å²) in [7, 11) is 0. The average Bonchev–Trinajstić information content (AvgIpc) is 2.62. The van der Waals surface area contributed by atoms with Gasteiger partial charge in [-0.2, -0.15) is 0 Å². The van der Waals surface area contributed by atoms with Gasteiger partial charge in [0.05, 0.1) is 6.54 Å². The van der Waals surface area contributed by atoms with Crippen molar-refractivity contribution < 1.29 is 4.79 Å². The van der Waals surface area contributed by atoms with Crippen LogP contribution in [0.4, 0.5) is 5.69 Å². The van der Waals surface area contributed by atoms with E-state index in [1.54, 1.807) is 0 Å². The third kappa shape index (κ3) is 4.85. The first-order valence-electron chi connectivity index (χ1n) is 9.24. The molecule has 1 fully saturated rings. The van der Waals surface area contributed by atoms with E-state index in [0.29, 0.717) is 12.5 Å². The summed E-state index contributed by atoms with van der Waals surface area (Å²) in [5.41, 5.74) is 4.89. The first kappa shape index (κ1) is 17.5. The number of carbonyl (C=O) groups is 1. The standard InChI is InChI=1S/C22H28N2O/c1-17-8-9-21(18(2)14-17)23-16-22(25)24-12-10-20(11-13-24)15-19-6-4-3-5-7-19/h3-9,14,20,23H,10-13,15-16H2,1-2H3. The molecule has 3 nitrogen and oxygen atoms in total. The lowest BCUT2D eigenvalue weighted by molar-refractivity contribution is -0.130. The Hall–Kier alpha value is -2.29. The molecule has 1 heterocycles. The molecule has 0 spiro atoms. The summed E-state index contributed by atoms with van der Waals surface area (Å²) >= 11 is 0. The van der Waals surface area contributed by atoms with Gasteiger partial charge in [0.1, 0.15) is 0 Å². The first-order valence-corrected chi connectivity index (χ1v) is 9.24. The molecular formula is C22H28N2O. The summed E-state index contributed by atoms with van der Waals surface area (Å²) in [4.78, 5) is 14.5. The predicted molar refractivity (Wildman–Crippen MR) is 104 cm³/mol. The molecule has 0 radical (unpaired) electrons. The second-order valence-electron chi connectivity index (χ2n) is 7.19. The summed E-state index contributed by atoms with van der Waals surface area (Å²) in [5.74, 6) is 0.900. The van der Waals surface area contributed by atoms with Crippen LogP contribution in [0.25, 0.3) is 0 Å². The number of benzene rings is 2. The summed E-state index contributed by atoms with van der Waals surface area (Å²) in [6.45, 7) is 6.31. The summed E-state index contributed by atoms with van der Waals surface area (Å²) in [6.07, 6.45) is 3.33. The molecule has 1 amide bonds. The van der Waals surface area contributed by atoms with Gasteiger partial charge in [0.2, 0.25) is 5.91 Å². The van der Waals surface area contributed by atoms with Gasteiger partial charge in [0.25, 0.3) is 0 Å². The van der Waals surface area contributed by atoms with Gasteiger partial charge in [-0.25, -0.2) is 0 Å². The van der Waals surface area contributed by atoms with E-state index in [1.165, 1.54) is 16.7 Å². The normalized spacial score (nSPS) is 15.2. The number of nitrogens with zero attached hydrogens (tertiary/aromatic N) is 1. The van der Waals surface area contributed by atoms with Crippen LogP contribution < -0.4 is 5.32 Å². The van der Waals surface area contributed by atoms with Crippen LogP contribution in [0, 0.1) is 19.8 Å². The maximum atomic E-state index is 12.5. The molecule has 0 unspecified atom stereocenters. The molecule has 0 atom stereocenters. The molecule has 25 heavy (non-hydrogen) atoms. The van der Waals surface area contributed by atoms with E-state index in [4.69, 9.17) is 0 Å². The Balaban J connectivity index is 1.45. The molecule has 0 aromatic heterocycles. The second-order valence-corrected chi connectivity index (χ2v) is 7.19. The Morgan fingerprint density at radius 1 is 1.08 bits per heavy atom. The Kier molecular flexibility index (Phi) is 5.75. The number of piperidine rings is 1. The van der Waals surface area contributed by atoms with Crippen LogP contribution >= 0.6 is 0 Å². The van der Waals surface area contributed by atoms with Crippen molar-refractivity contribution in [3.05, 3.63) is 65.2 Å². The number of hydrogen-bond acceptors (Lipinski definition) is 2. The lowest BCUT2D eigenvalue weighted by Crippen LogP contribution is -2.41. The molecule has 3 heteroatoms. The van der Waals surface area contributed by atoms with Crippen molar-refractivity contribution in [1.29, 1.82) is 0 Å². The van der Waals surface area contributed by atoms with Crippen LogP contribution in [-0.4, -0.2) is 30.4 Å². The molecule has 1 aliphatic rings. The smallest absolute Gasteiger partial charge is 0.241 e. The van der Waals surface area contributed by atoms with Crippen LogP contribution in [0.15, 0.2) is 48.5 Å².